The van der Waals surface area contributed by atoms with Gasteiger partial charge in [0, 0.05) is 0 Å². The van der Waals surface area contributed by atoms with Gasteiger partial charge in [0.05, 0.1) is 35.5 Å². The lowest BCUT2D eigenvalue weighted by Gasteiger charge is -2.03. The molecular weight excluding hydrogens is 251 g/mol. The number of rotatable bonds is 4. The maximum Gasteiger partial charge on any atom is 0.310 e. The first-order chi connectivity index (χ1) is 8.36. The van der Waals surface area contributed by atoms with Crippen LogP contribution in [0.5, 0.6) is 0 Å². The second-order valence-electron chi connectivity index (χ2n) is 3.19. The van der Waals surface area contributed by atoms with Gasteiger partial charge in [0.25, 0.3) is 11.4 Å². The molecule has 96 valence electrons. The van der Waals surface area contributed by atoms with Gasteiger partial charge in [-0.3, -0.25) is 25.0 Å². The number of methoxy groups -OCH3 is 1. The lowest BCUT2D eigenvalue weighted by molar-refractivity contribution is -0.395. The minimum atomic E-state index is -1.12. The molecule has 0 aliphatic carbocycles. The van der Waals surface area contributed by atoms with E-state index in [1.54, 1.807) is 0 Å². The molecule has 0 atom stereocenters. The van der Waals surface area contributed by atoms with Gasteiger partial charge in [-0.15, -0.1) is 0 Å². The zero-order valence-corrected chi connectivity index (χ0v) is 9.08. The third-order valence-corrected chi connectivity index (χ3v) is 2.11. The molecule has 0 aliphatic rings. The van der Waals surface area contributed by atoms with Crippen molar-refractivity contribution >= 4 is 17.3 Å². The number of halogens is 1. The summed E-state index contributed by atoms with van der Waals surface area (Å²) in [4.78, 5) is 30.4. The van der Waals surface area contributed by atoms with Crippen LogP contribution in [0.3, 0.4) is 0 Å². The number of nitro groups is 2. The Kier molecular flexibility index (Phi) is 3.87. The smallest absolute Gasteiger partial charge is 0.310 e. The highest BCUT2D eigenvalue weighted by Gasteiger charge is 2.28. The molecule has 0 saturated carbocycles. The predicted molar refractivity (Wildman–Crippen MR) is 55.4 cm³/mol. The monoisotopic (exact) mass is 258 g/mol. The highest BCUT2D eigenvalue weighted by Crippen LogP contribution is 2.30. The van der Waals surface area contributed by atoms with Crippen LogP contribution in [0.25, 0.3) is 0 Å². The van der Waals surface area contributed by atoms with Crippen LogP contribution in [0.15, 0.2) is 12.1 Å². The average Bonchev–Trinajstić information content (AvgIpc) is 2.29. The standard InChI is InChI=1S/C9H7FN2O6/c1-18-9(13)4-6-7(11(14)15)2-5(10)3-8(6)12(16)17/h2-3H,4H2,1H3. The molecule has 0 fully saturated rings. The summed E-state index contributed by atoms with van der Waals surface area (Å²) >= 11 is 0. The molecule has 8 nitrogen and oxygen atoms in total. The molecule has 0 unspecified atom stereocenters. The van der Waals surface area contributed by atoms with E-state index in [-0.39, 0.29) is 0 Å². The van der Waals surface area contributed by atoms with E-state index >= 15 is 0 Å². The first-order valence-corrected chi connectivity index (χ1v) is 4.54. The third-order valence-electron chi connectivity index (χ3n) is 2.11. The topological polar surface area (TPSA) is 113 Å². The van der Waals surface area contributed by atoms with Crippen molar-refractivity contribution in [3.63, 3.8) is 0 Å². The Morgan fingerprint density at radius 3 is 2.06 bits per heavy atom. The molecule has 1 aromatic carbocycles. The zero-order chi connectivity index (χ0) is 13.9. The first-order valence-electron chi connectivity index (χ1n) is 4.54. The summed E-state index contributed by atoms with van der Waals surface area (Å²) in [6.07, 6.45) is -0.677. The lowest BCUT2D eigenvalue weighted by Crippen LogP contribution is -2.10. The molecule has 18 heavy (non-hydrogen) atoms. The maximum absolute atomic E-state index is 13.0. The Morgan fingerprint density at radius 2 is 1.72 bits per heavy atom. The molecule has 0 N–H and O–H groups in total. The minimum absolute atomic E-state index is 0.488. The first kappa shape index (κ1) is 13.5. The highest BCUT2D eigenvalue weighted by atomic mass is 19.1. The summed E-state index contributed by atoms with van der Waals surface area (Å²) in [7, 11) is 1.03. The second-order valence-corrected chi connectivity index (χ2v) is 3.19. The summed E-state index contributed by atoms with van der Waals surface area (Å²) in [6.45, 7) is 0. The molecule has 0 bridgehead atoms. The van der Waals surface area contributed by atoms with Crippen LogP contribution in [0.4, 0.5) is 15.8 Å². The van der Waals surface area contributed by atoms with Crippen molar-refractivity contribution in [3.8, 4) is 0 Å². The number of ether oxygens (including phenoxy) is 1. The molecule has 9 heteroatoms. The van der Waals surface area contributed by atoms with Crippen LogP contribution in [0, 0.1) is 26.0 Å². The zero-order valence-electron chi connectivity index (χ0n) is 9.08. The Morgan fingerprint density at radius 1 is 1.28 bits per heavy atom. The number of hydrogen-bond donors (Lipinski definition) is 0. The van der Waals surface area contributed by atoms with E-state index in [0.29, 0.717) is 12.1 Å². The van der Waals surface area contributed by atoms with Crippen LogP contribution in [-0.4, -0.2) is 22.9 Å². The summed E-state index contributed by atoms with van der Waals surface area (Å²) in [5, 5.41) is 21.4. The van der Waals surface area contributed by atoms with Gasteiger partial charge in [0.2, 0.25) is 0 Å². The fourth-order valence-corrected chi connectivity index (χ4v) is 1.33. The predicted octanol–water partition coefficient (Wildman–Crippen LogP) is 1.36. The quantitative estimate of drug-likeness (QED) is 0.457. The molecule has 0 saturated heterocycles. The Hall–Kier alpha value is -2.58. The molecule has 0 aliphatic heterocycles. The SMILES string of the molecule is COC(=O)Cc1c([N+](=O)[O-])cc(F)cc1[N+](=O)[O-]. The fourth-order valence-electron chi connectivity index (χ4n) is 1.33. The van der Waals surface area contributed by atoms with Gasteiger partial charge in [-0.2, -0.15) is 0 Å². The molecular formula is C9H7FN2O6. The van der Waals surface area contributed by atoms with Crippen molar-refractivity contribution < 1.29 is 23.8 Å². The van der Waals surface area contributed by atoms with E-state index in [2.05, 4.69) is 4.74 Å². The van der Waals surface area contributed by atoms with Crippen molar-refractivity contribution in [1.29, 1.82) is 0 Å². The number of nitrogens with zero attached hydrogens (tertiary/aromatic N) is 2. The lowest BCUT2D eigenvalue weighted by atomic mass is 10.1. The van der Waals surface area contributed by atoms with Gasteiger partial charge in [-0.05, 0) is 0 Å². The van der Waals surface area contributed by atoms with Crippen LogP contribution in [-0.2, 0) is 16.0 Å². The van der Waals surface area contributed by atoms with Crippen LogP contribution >= 0.6 is 0 Å². The largest absolute Gasteiger partial charge is 0.469 e. The number of nitro benzene ring substituents is 2. The van der Waals surface area contributed by atoms with Crippen LogP contribution in [0.1, 0.15) is 5.56 Å². The number of carbonyl (C=O) groups excluding carboxylic acids is 1. The normalized spacial score (nSPS) is 9.89. The van der Waals surface area contributed by atoms with Crippen LogP contribution < -0.4 is 0 Å². The Balaban J connectivity index is 3.45. The van der Waals surface area contributed by atoms with Crippen LogP contribution in [0.2, 0.25) is 0 Å². The molecule has 0 amide bonds. The van der Waals surface area contributed by atoms with Gasteiger partial charge in [0.15, 0.2) is 0 Å². The fraction of sp³-hybridized carbons (Fsp3) is 0.222. The number of hydrogen-bond acceptors (Lipinski definition) is 6. The van der Waals surface area contributed by atoms with E-state index in [0.717, 1.165) is 7.11 Å². The second kappa shape index (κ2) is 5.17. The van der Waals surface area contributed by atoms with E-state index in [1.807, 2.05) is 0 Å². The summed E-state index contributed by atoms with van der Waals surface area (Å²) in [5.74, 6) is -2.02. The molecule has 0 spiro atoms. The van der Waals surface area contributed by atoms with Gasteiger partial charge in [-0.25, -0.2) is 4.39 Å². The molecule has 0 aromatic heterocycles. The molecule has 1 aromatic rings. The van der Waals surface area contributed by atoms with Gasteiger partial charge < -0.3 is 4.74 Å². The number of carbonyl (C=O) groups is 1. The minimum Gasteiger partial charge on any atom is -0.469 e. The van der Waals surface area contributed by atoms with Crippen molar-refractivity contribution in [1.82, 2.24) is 0 Å². The van der Waals surface area contributed by atoms with Crippen molar-refractivity contribution in [3.05, 3.63) is 43.7 Å². The van der Waals surface area contributed by atoms with E-state index < -0.39 is 45.0 Å². The number of benzene rings is 1. The molecule has 0 radical (unpaired) electrons. The van der Waals surface area contributed by atoms with E-state index in [4.69, 9.17) is 0 Å². The molecule has 0 heterocycles. The average molecular weight is 258 g/mol. The van der Waals surface area contributed by atoms with Gasteiger partial charge in [0.1, 0.15) is 11.4 Å². The number of esters is 1. The van der Waals surface area contributed by atoms with Gasteiger partial charge in [-0.1, -0.05) is 0 Å². The maximum atomic E-state index is 13.0. The van der Waals surface area contributed by atoms with Crippen molar-refractivity contribution in [2.45, 2.75) is 6.42 Å². The summed E-state index contributed by atoms with van der Waals surface area (Å²) in [5.41, 5.74) is -2.14. The van der Waals surface area contributed by atoms with Crippen molar-refractivity contribution in [2.24, 2.45) is 0 Å². The summed E-state index contributed by atoms with van der Waals surface area (Å²) < 4.78 is 17.3. The van der Waals surface area contributed by atoms with Crippen molar-refractivity contribution in [2.75, 3.05) is 7.11 Å². The highest BCUT2D eigenvalue weighted by molar-refractivity contribution is 5.76. The third kappa shape index (κ3) is 2.75. The van der Waals surface area contributed by atoms with E-state index in [1.165, 1.54) is 0 Å². The van der Waals surface area contributed by atoms with Gasteiger partial charge >= 0.3 is 5.97 Å². The Bertz CT molecular complexity index is 495. The Labute approximate surface area is 99.3 Å². The summed E-state index contributed by atoms with van der Waals surface area (Å²) in [6, 6.07) is 1.04. The molecule has 1 rings (SSSR count). The van der Waals surface area contributed by atoms with E-state index in [9.17, 15) is 29.4 Å².